The minimum Gasteiger partial charge on any atom is -0.366 e. The summed E-state index contributed by atoms with van der Waals surface area (Å²) in [6.07, 6.45) is 3.61. The van der Waals surface area contributed by atoms with Gasteiger partial charge in [0, 0.05) is 27.1 Å². The number of halogens is 2. The van der Waals surface area contributed by atoms with Crippen molar-refractivity contribution in [3.05, 3.63) is 94.6 Å². The molecule has 3 aromatic rings. The molecule has 1 heterocycles. The van der Waals surface area contributed by atoms with Gasteiger partial charge in [0.2, 0.25) is 5.91 Å². The number of benzene rings is 2. The Kier molecular flexibility index (Phi) is 5.89. The van der Waals surface area contributed by atoms with Crippen molar-refractivity contribution in [1.29, 1.82) is 0 Å². The molecule has 0 atom stereocenters. The van der Waals surface area contributed by atoms with Crippen LogP contribution in [0, 0.1) is 0 Å². The minimum absolute atomic E-state index is 0.445. The Hall–Kier alpha value is -2.69. The van der Waals surface area contributed by atoms with Gasteiger partial charge in [0.1, 0.15) is 5.83 Å². The summed E-state index contributed by atoms with van der Waals surface area (Å²) >= 11 is 7.31. The minimum atomic E-state index is -0.504. The van der Waals surface area contributed by atoms with E-state index in [1.165, 1.54) is 11.6 Å². The number of hydrogen-bond acceptors (Lipinski definition) is 2. The van der Waals surface area contributed by atoms with Crippen LogP contribution in [-0.4, -0.2) is 5.91 Å². The Morgan fingerprint density at radius 1 is 1.22 bits per heavy atom. The molecule has 0 spiro atoms. The molecule has 5 heteroatoms. The zero-order valence-corrected chi connectivity index (χ0v) is 16.0. The Morgan fingerprint density at radius 3 is 2.59 bits per heavy atom. The van der Waals surface area contributed by atoms with E-state index in [-0.39, 0.29) is 0 Å². The van der Waals surface area contributed by atoms with Gasteiger partial charge in [-0.3, -0.25) is 4.79 Å². The Labute approximate surface area is 166 Å². The molecule has 2 aromatic carbocycles. The lowest BCUT2D eigenvalue weighted by Crippen LogP contribution is -2.10. The lowest BCUT2D eigenvalue weighted by atomic mass is 10.0. The summed E-state index contributed by atoms with van der Waals surface area (Å²) in [6.45, 7) is 3.29. The van der Waals surface area contributed by atoms with E-state index in [1.807, 2.05) is 30.3 Å². The van der Waals surface area contributed by atoms with Crippen molar-refractivity contribution >= 4 is 38.9 Å². The third-order valence-corrected chi connectivity index (χ3v) is 5.38. The first-order chi connectivity index (χ1) is 13.0. The highest BCUT2D eigenvalue weighted by Gasteiger charge is 2.10. The van der Waals surface area contributed by atoms with Crippen molar-refractivity contribution in [3.63, 3.8) is 0 Å². The molecule has 136 valence electrons. The Morgan fingerprint density at radius 2 is 1.96 bits per heavy atom. The summed E-state index contributed by atoms with van der Waals surface area (Å²) in [6, 6.07) is 15.4. The number of amides is 1. The topological polar surface area (TPSA) is 43.1 Å². The van der Waals surface area contributed by atoms with Crippen molar-refractivity contribution in [1.82, 2.24) is 0 Å². The molecule has 0 bridgehead atoms. The number of nitrogens with two attached hydrogens (primary N) is 1. The molecule has 0 saturated heterocycles. The van der Waals surface area contributed by atoms with Crippen LogP contribution in [0.1, 0.15) is 15.2 Å². The molecule has 0 aliphatic carbocycles. The SMILES string of the molecule is C=C(F)/C=C(\C=C\Cl)Cc1cc2cccc(-c3ccc(C(N)=O)cc3)c2s1. The summed E-state index contributed by atoms with van der Waals surface area (Å²) < 4.78 is 14.3. The Bertz CT molecular complexity index is 1060. The predicted octanol–water partition coefficient (Wildman–Crippen LogP) is 6.37. The van der Waals surface area contributed by atoms with Crippen LogP contribution in [0.25, 0.3) is 21.2 Å². The predicted molar refractivity (Wildman–Crippen MR) is 113 cm³/mol. The number of primary amides is 1. The molecule has 0 unspecified atom stereocenters. The van der Waals surface area contributed by atoms with E-state index < -0.39 is 11.7 Å². The maximum Gasteiger partial charge on any atom is 0.248 e. The number of carbonyl (C=O) groups excluding carboxylic acids is 1. The van der Waals surface area contributed by atoms with Gasteiger partial charge >= 0.3 is 0 Å². The van der Waals surface area contributed by atoms with Crippen molar-refractivity contribution in [3.8, 4) is 11.1 Å². The molecule has 0 radical (unpaired) electrons. The zero-order valence-electron chi connectivity index (χ0n) is 14.4. The number of allylic oxidation sites excluding steroid dienone is 4. The smallest absolute Gasteiger partial charge is 0.248 e. The van der Waals surface area contributed by atoms with Gasteiger partial charge in [0.25, 0.3) is 0 Å². The normalized spacial score (nSPS) is 12.0. The van der Waals surface area contributed by atoms with Gasteiger partial charge in [-0.15, -0.1) is 11.3 Å². The van der Waals surface area contributed by atoms with E-state index in [0.29, 0.717) is 12.0 Å². The maximum absolute atomic E-state index is 13.2. The third kappa shape index (κ3) is 4.54. The van der Waals surface area contributed by atoms with Crippen LogP contribution in [0.4, 0.5) is 4.39 Å². The van der Waals surface area contributed by atoms with E-state index >= 15 is 0 Å². The van der Waals surface area contributed by atoms with Crippen molar-refractivity contribution in [2.24, 2.45) is 5.73 Å². The largest absolute Gasteiger partial charge is 0.366 e. The average molecular weight is 398 g/mol. The number of carbonyl (C=O) groups is 1. The number of rotatable bonds is 6. The molecule has 2 N–H and O–H groups in total. The first-order valence-corrected chi connectivity index (χ1v) is 9.46. The van der Waals surface area contributed by atoms with Crippen LogP contribution >= 0.6 is 22.9 Å². The van der Waals surface area contributed by atoms with Crippen LogP contribution in [-0.2, 0) is 6.42 Å². The van der Waals surface area contributed by atoms with Gasteiger partial charge in [-0.05, 0) is 52.4 Å². The highest BCUT2D eigenvalue weighted by atomic mass is 35.5. The number of fused-ring (bicyclic) bond motifs is 1. The standard InChI is InChI=1S/C22H17ClFNOS/c1-14(24)11-15(9-10-23)12-19-13-18-3-2-4-20(21(18)27-19)16-5-7-17(8-6-16)22(25)26/h2-11,13H,1,12H2,(H2,25,26)/b10-9+,15-11+. The van der Waals surface area contributed by atoms with Gasteiger partial charge in [0.15, 0.2) is 0 Å². The monoisotopic (exact) mass is 397 g/mol. The first-order valence-electron chi connectivity index (χ1n) is 8.21. The van der Waals surface area contributed by atoms with Crippen LogP contribution in [0.5, 0.6) is 0 Å². The molecular formula is C22H17ClFNOS. The fraction of sp³-hybridized carbons (Fsp3) is 0.0455. The lowest BCUT2D eigenvalue weighted by molar-refractivity contribution is 0.100. The van der Waals surface area contributed by atoms with Gasteiger partial charge in [-0.2, -0.15) is 0 Å². The summed E-state index contributed by atoms with van der Waals surface area (Å²) in [7, 11) is 0. The Balaban J connectivity index is 2.00. The second-order valence-electron chi connectivity index (χ2n) is 6.01. The molecule has 0 aliphatic rings. The highest BCUT2D eigenvalue weighted by molar-refractivity contribution is 7.19. The molecule has 0 aliphatic heterocycles. The van der Waals surface area contributed by atoms with Crippen molar-refractivity contribution in [2.75, 3.05) is 0 Å². The van der Waals surface area contributed by atoms with Crippen molar-refractivity contribution < 1.29 is 9.18 Å². The molecule has 0 fully saturated rings. The molecule has 1 amide bonds. The van der Waals surface area contributed by atoms with E-state index in [1.54, 1.807) is 29.5 Å². The summed E-state index contributed by atoms with van der Waals surface area (Å²) in [5.41, 5.74) is 9.99. The van der Waals surface area contributed by atoms with Gasteiger partial charge in [-0.25, -0.2) is 4.39 Å². The lowest BCUT2D eigenvalue weighted by Gasteiger charge is -2.04. The van der Waals surface area contributed by atoms with Crippen LogP contribution in [0.3, 0.4) is 0 Å². The van der Waals surface area contributed by atoms with E-state index in [2.05, 4.69) is 12.6 Å². The molecule has 3 rings (SSSR count). The summed E-state index contributed by atoms with van der Waals surface area (Å²) in [5, 5.41) is 1.11. The quantitative estimate of drug-likeness (QED) is 0.482. The second kappa shape index (κ2) is 8.33. The average Bonchev–Trinajstić information content (AvgIpc) is 3.03. The summed E-state index contributed by atoms with van der Waals surface area (Å²) in [4.78, 5) is 12.4. The van der Waals surface area contributed by atoms with E-state index in [0.717, 1.165) is 31.7 Å². The summed E-state index contributed by atoms with van der Waals surface area (Å²) in [5.74, 6) is -0.949. The molecule has 27 heavy (non-hydrogen) atoms. The zero-order chi connectivity index (χ0) is 19.4. The molecule has 1 aromatic heterocycles. The fourth-order valence-electron chi connectivity index (χ4n) is 2.89. The van der Waals surface area contributed by atoms with Crippen LogP contribution in [0.15, 0.2) is 84.2 Å². The molecule has 2 nitrogen and oxygen atoms in total. The van der Waals surface area contributed by atoms with E-state index in [4.69, 9.17) is 17.3 Å². The number of thiophene rings is 1. The molecular weight excluding hydrogens is 381 g/mol. The van der Waals surface area contributed by atoms with Crippen molar-refractivity contribution in [2.45, 2.75) is 6.42 Å². The van der Waals surface area contributed by atoms with Gasteiger partial charge in [-0.1, -0.05) is 48.5 Å². The van der Waals surface area contributed by atoms with Crippen LogP contribution < -0.4 is 5.73 Å². The van der Waals surface area contributed by atoms with Gasteiger partial charge in [0.05, 0.1) is 0 Å². The molecule has 0 saturated carbocycles. The maximum atomic E-state index is 13.2. The number of hydrogen-bond donors (Lipinski definition) is 1. The highest BCUT2D eigenvalue weighted by Crippen LogP contribution is 2.36. The van der Waals surface area contributed by atoms with E-state index in [9.17, 15) is 9.18 Å². The second-order valence-corrected chi connectivity index (χ2v) is 7.40. The fourth-order valence-corrected chi connectivity index (χ4v) is 4.28. The van der Waals surface area contributed by atoms with Gasteiger partial charge < -0.3 is 5.73 Å². The first kappa shape index (κ1) is 19.1. The third-order valence-electron chi connectivity index (χ3n) is 4.07. The van der Waals surface area contributed by atoms with Crippen LogP contribution in [0.2, 0.25) is 0 Å².